The minimum Gasteiger partial charge on any atom is -0.362 e. The normalized spacial score (nSPS) is 16.8. The van der Waals surface area contributed by atoms with E-state index in [9.17, 15) is 4.79 Å². The Hall–Kier alpha value is -2.42. The van der Waals surface area contributed by atoms with Crippen LogP contribution in [0.15, 0.2) is 48.2 Å². The first-order valence-corrected chi connectivity index (χ1v) is 9.27. The maximum absolute atomic E-state index is 12.4. The SMILES string of the molecule is Cc1nc(C(=O)C2CCC2)ccc1-c1ccc(NC=C2CCC2)cc1. The average Bonchev–Trinajstić information content (AvgIpc) is 2.52. The van der Waals surface area contributed by atoms with Crippen LogP contribution in [-0.4, -0.2) is 10.8 Å². The molecule has 2 aliphatic rings. The van der Waals surface area contributed by atoms with Gasteiger partial charge in [-0.05, 0) is 62.8 Å². The first-order valence-electron chi connectivity index (χ1n) is 9.27. The Balaban J connectivity index is 1.49. The zero-order valence-electron chi connectivity index (χ0n) is 14.7. The van der Waals surface area contributed by atoms with Crippen molar-refractivity contribution in [3.05, 3.63) is 59.6 Å². The monoisotopic (exact) mass is 332 g/mol. The summed E-state index contributed by atoms with van der Waals surface area (Å²) in [6.45, 7) is 1.99. The van der Waals surface area contributed by atoms with Crippen LogP contribution in [0.2, 0.25) is 0 Å². The number of ketones is 1. The lowest BCUT2D eigenvalue weighted by Crippen LogP contribution is -2.23. The third-order valence-electron chi connectivity index (χ3n) is 5.45. The topological polar surface area (TPSA) is 42.0 Å². The lowest BCUT2D eigenvalue weighted by molar-refractivity contribution is 0.0849. The Labute approximate surface area is 149 Å². The van der Waals surface area contributed by atoms with Gasteiger partial charge < -0.3 is 5.32 Å². The molecule has 1 heterocycles. The highest BCUT2D eigenvalue weighted by molar-refractivity contribution is 5.97. The van der Waals surface area contributed by atoms with Gasteiger partial charge in [-0.15, -0.1) is 0 Å². The fraction of sp³-hybridized carbons (Fsp3) is 0.364. The summed E-state index contributed by atoms with van der Waals surface area (Å²) in [5, 5.41) is 3.37. The van der Waals surface area contributed by atoms with Crippen molar-refractivity contribution < 1.29 is 4.79 Å². The maximum Gasteiger partial charge on any atom is 0.184 e. The first-order chi connectivity index (χ1) is 12.2. The van der Waals surface area contributed by atoms with Crippen LogP contribution in [0.25, 0.3) is 11.1 Å². The number of hydrogen-bond acceptors (Lipinski definition) is 3. The van der Waals surface area contributed by atoms with E-state index in [0.717, 1.165) is 35.3 Å². The van der Waals surface area contributed by atoms with E-state index < -0.39 is 0 Å². The van der Waals surface area contributed by atoms with Crippen LogP contribution in [0.1, 0.15) is 54.7 Å². The summed E-state index contributed by atoms with van der Waals surface area (Å²) in [4.78, 5) is 16.9. The molecule has 1 N–H and O–H groups in total. The molecule has 2 aromatic rings. The van der Waals surface area contributed by atoms with Crippen LogP contribution in [0.3, 0.4) is 0 Å². The average molecular weight is 332 g/mol. The highest BCUT2D eigenvalue weighted by Gasteiger charge is 2.27. The second kappa shape index (κ2) is 6.83. The van der Waals surface area contributed by atoms with E-state index in [1.54, 1.807) is 0 Å². The minimum atomic E-state index is 0.202. The smallest absolute Gasteiger partial charge is 0.184 e. The molecule has 3 nitrogen and oxygen atoms in total. The molecule has 25 heavy (non-hydrogen) atoms. The van der Waals surface area contributed by atoms with E-state index in [-0.39, 0.29) is 11.7 Å². The van der Waals surface area contributed by atoms with Gasteiger partial charge in [0.2, 0.25) is 0 Å². The summed E-state index contributed by atoms with van der Waals surface area (Å²) < 4.78 is 0. The molecular weight excluding hydrogens is 308 g/mol. The zero-order valence-corrected chi connectivity index (χ0v) is 14.7. The van der Waals surface area contributed by atoms with Crippen LogP contribution < -0.4 is 5.32 Å². The number of Topliss-reactive ketones (excluding diaryl/α,β-unsaturated/α-hetero) is 1. The second-order valence-corrected chi connectivity index (χ2v) is 7.20. The molecule has 0 amide bonds. The number of allylic oxidation sites excluding steroid dienone is 1. The molecular formula is C22H24N2O. The molecule has 2 saturated carbocycles. The Morgan fingerprint density at radius 1 is 1.08 bits per heavy atom. The van der Waals surface area contributed by atoms with Gasteiger partial charge in [-0.3, -0.25) is 4.79 Å². The van der Waals surface area contributed by atoms with E-state index in [4.69, 9.17) is 0 Å². The molecule has 0 spiro atoms. The van der Waals surface area contributed by atoms with Crippen LogP contribution in [0, 0.1) is 12.8 Å². The van der Waals surface area contributed by atoms with Crippen molar-refractivity contribution in [1.29, 1.82) is 0 Å². The van der Waals surface area contributed by atoms with E-state index in [2.05, 4.69) is 40.8 Å². The van der Waals surface area contributed by atoms with E-state index >= 15 is 0 Å². The van der Waals surface area contributed by atoms with E-state index in [1.807, 2.05) is 19.1 Å². The maximum atomic E-state index is 12.4. The molecule has 2 aliphatic carbocycles. The Kier molecular flexibility index (Phi) is 4.39. The van der Waals surface area contributed by atoms with Gasteiger partial charge in [0.05, 0.1) is 0 Å². The first kappa shape index (κ1) is 16.1. The Morgan fingerprint density at radius 3 is 2.40 bits per heavy atom. The number of aromatic nitrogens is 1. The van der Waals surface area contributed by atoms with Crippen molar-refractivity contribution in [2.24, 2.45) is 5.92 Å². The van der Waals surface area contributed by atoms with Crippen molar-refractivity contribution in [2.75, 3.05) is 5.32 Å². The quantitative estimate of drug-likeness (QED) is 0.733. The van der Waals surface area contributed by atoms with E-state index in [0.29, 0.717) is 5.69 Å². The Bertz CT molecular complexity index is 810. The van der Waals surface area contributed by atoms with Gasteiger partial charge in [0.25, 0.3) is 0 Å². The molecule has 0 unspecified atom stereocenters. The number of aryl methyl sites for hydroxylation is 1. The van der Waals surface area contributed by atoms with Crippen LogP contribution in [0.5, 0.6) is 0 Å². The molecule has 0 aliphatic heterocycles. The largest absolute Gasteiger partial charge is 0.362 e. The summed E-state index contributed by atoms with van der Waals surface area (Å²) in [6.07, 6.45) is 9.11. The number of pyridine rings is 1. The molecule has 1 aromatic carbocycles. The van der Waals surface area contributed by atoms with Crippen LogP contribution in [-0.2, 0) is 0 Å². The molecule has 2 fully saturated rings. The predicted octanol–water partition coefficient (Wildman–Crippen LogP) is 5.52. The number of carbonyl (C=O) groups is 1. The van der Waals surface area contributed by atoms with Gasteiger partial charge in [-0.2, -0.15) is 0 Å². The van der Waals surface area contributed by atoms with Crippen molar-refractivity contribution >= 4 is 11.5 Å². The van der Waals surface area contributed by atoms with Crippen molar-refractivity contribution in [3.63, 3.8) is 0 Å². The molecule has 4 rings (SSSR count). The highest BCUT2D eigenvalue weighted by Crippen LogP contribution is 2.31. The van der Waals surface area contributed by atoms with Gasteiger partial charge in [-0.25, -0.2) is 4.98 Å². The molecule has 0 radical (unpaired) electrons. The Morgan fingerprint density at radius 2 is 1.84 bits per heavy atom. The predicted molar refractivity (Wildman–Crippen MR) is 102 cm³/mol. The summed E-state index contributed by atoms with van der Waals surface area (Å²) in [6, 6.07) is 12.3. The number of nitrogens with one attached hydrogen (secondary N) is 1. The number of anilines is 1. The lowest BCUT2D eigenvalue weighted by Gasteiger charge is -2.23. The van der Waals surface area contributed by atoms with Gasteiger partial charge in [-0.1, -0.05) is 30.2 Å². The number of hydrogen-bond donors (Lipinski definition) is 1. The summed E-state index contributed by atoms with van der Waals surface area (Å²) in [7, 11) is 0. The molecule has 0 atom stereocenters. The molecule has 1 aromatic heterocycles. The number of nitrogens with zero attached hydrogens (tertiary/aromatic N) is 1. The molecule has 3 heteroatoms. The third-order valence-corrected chi connectivity index (χ3v) is 5.45. The van der Waals surface area contributed by atoms with Gasteiger partial charge in [0, 0.05) is 29.1 Å². The van der Waals surface area contributed by atoms with Gasteiger partial charge in [0.15, 0.2) is 5.78 Å². The van der Waals surface area contributed by atoms with Crippen LogP contribution >= 0.6 is 0 Å². The van der Waals surface area contributed by atoms with Gasteiger partial charge in [0.1, 0.15) is 5.69 Å². The fourth-order valence-corrected chi connectivity index (χ4v) is 3.34. The summed E-state index contributed by atoms with van der Waals surface area (Å²) in [5.74, 6) is 0.414. The van der Waals surface area contributed by atoms with Crippen molar-refractivity contribution in [1.82, 2.24) is 4.98 Å². The number of carbonyl (C=O) groups excluding carboxylic acids is 1. The molecule has 0 bridgehead atoms. The summed E-state index contributed by atoms with van der Waals surface area (Å²) in [5.41, 5.74) is 6.36. The van der Waals surface area contributed by atoms with Crippen LogP contribution in [0.4, 0.5) is 5.69 Å². The summed E-state index contributed by atoms with van der Waals surface area (Å²) >= 11 is 0. The standard InChI is InChI=1S/C22H24N2O/c1-15-20(12-13-21(24-15)22(25)18-6-3-7-18)17-8-10-19(11-9-17)23-14-16-4-2-5-16/h8-14,18,23H,2-7H2,1H3. The number of benzene rings is 1. The fourth-order valence-electron chi connectivity index (χ4n) is 3.34. The highest BCUT2D eigenvalue weighted by atomic mass is 16.1. The zero-order chi connectivity index (χ0) is 17.2. The minimum absolute atomic E-state index is 0.202. The lowest BCUT2D eigenvalue weighted by atomic mass is 9.81. The number of rotatable bonds is 5. The molecule has 0 saturated heterocycles. The van der Waals surface area contributed by atoms with Crippen molar-refractivity contribution in [2.45, 2.75) is 45.4 Å². The third kappa shape index (κ3) is 3.37. The van der Waals surface area contributed by atoms with Crippen molar-refractivity contribution in [3.8, 4) is 11.1 Å². The van der Waals surface area contributed by atoms with Gasteiger partial charge >= 0.3 is 0 Å². The second-order valence-electron chi connectivity index (χ2n) is 7.20. The molecule has 128 valence electrons. The van der Waals surface area contributed by atoms with E-state index in [1.165, 1.54) is 31.3 Å².